The van der Waals surface area contributed by atoms with Crippen LogP contribution in [-0.2, 0) is 6.18 Å². The van der Waals surface area contributed by atoms with E-state index < -0.39 is 23.3 Å². The first kappa shape index (κ1) is 26.3. The van der Waals surface area contributed by atoms with Gasteiger partial charge in [0.2, 0.25) is 0 Å². The summed E-state index contributed by atoms with van der Waals surface area (Å²) in [4.78, 5) is 17.0. The molecule has 2 heterocycles. The lowest BCUT2D eigenvalue weighted by atomic mass is 9.98. The van der Waals surface area contributed by atoms with Gasteiger partial charge in [-0.3, -0.25) is 4.79 Å². The highest BCUT2D eigenvalue weighted by Crippen LogP contribution is 2.31. The second kappa shape index (κ2) is 11.0. The smallest absolute Gasteiger partial charge is 0.404 e. The average Bonchev–Trinajstić information content (AvgIpc) is 2.85. The number of carbonyl (C=O) groups is 1. The zero-order valence-corrected chi connectivity index (χ0v) is 19.4. The number of nitrogens with zero attached hydrogens (tertiary/aromatic N) is 3. The summed E-state index contributed by atoms with van der Waals surface area (Å²) in [6.07, 6.45) is -1.81. The van der Waals surface area contributed by atoms with Gasteiger partial charge in [0.05, 0.1) is 24.1 Å². The lowest BCUT2D eigenvalue weighted by Gasteiger charge is -2.16. The van der Waals surface area contributed by atoms with Crippen molar-refractivity contribution in [2.24, 2.45) is 5.73 Å². The van der Waals surface area contributed by atoms with E-state index in [4.69, 9.17) is 11.1 Å². The van der Waals surface area contributed by atoms with Crippen LogP contribution in [0.4, 0.5) is 24.7 Å². The maximum Gasteiger partial charge on any atom is 0.418 e. The molecule has 0 unspecified atom stereocenters. The first-order valence-corrected chi connectivity index (χ1v) is 10.7. The first-order chi connectivity index (χ1) is 17.0. The Morgan fingerprint density at radius 3 is 2.61 bits per heavy atom. The highest BCUT2D eigenvalue weighted by Gasteiger charge is 2.32. The summed E-state index contributed by atoms with van der Waals surface area (Å²) in [7, 11) is 0. The number of aryl methyl sites for hydroxylation is 1. The van der Waals surface area contributed by atoms with Crippen molar-refractivity contribution in [1.29, 1.82) is 5.41 Å². The van der Waals surface area contributed by atoms with Gasteiger partial charge in [-0.1, -0.05) is 6.07 Å². The number of halogens is 3. The largest absolute Gasteiger partial charge is 0.418 e. The molecule has 1 atom stereocenters. The van der Waals surface area contributed by atoms with E-state index in [0.29, 0.717) is 46.2 Å². The Balaban J connectivity index is 2.00. The number of pyridine rings is 1. The van der Waals surface area contributed by atoms with Gasteiger partial charge in [-0.05, 0) is 60.9 Å². The van der Waals surface area contributed by atoms with Gasteiger partial charge in [0.25, 0.3) is 5.91 Å². The number of amides is 1. The Hall–Kier alpha value is -4.32. The average molecular weight is 499 g/mol. The molecule has 0 bridgehead atoms. The number of aromatic nitrogens is 3. The Labute approximate surface area is 204 Å². The van der Waals surface area contributed by atoms with Gasteiger partial charge in [-0.2, -0.15) is 18.3 Å². The van der Waals surface area contributed by atoms with Gasteiger partial charge in [-0.15, -0.1) is 5.10 Å². The molecule has 1 amide bonds. The van der Waals surface area contributed by atoms with E-state index in [2.05, 4.69) is 25.8 Å². The summed E-state index contributed by atoms with van der Waals surface area (Å²) >= 11 is 0. The van der Waals surface area contributed by atoms with Gasteiger partial charge >= 0.3 is 6.18 Å². The molecule has 188 valence electrons. The maximum atomic E-state index is 13.0. The number of hydrogen-bond donors (Lipinski definition) is 5. The number of alkyl halides is 3. The summed E-state index contributed by atoms with van der Waals surface area (Å²) in [5.41, 5.74) is 7.36. The van der Waals surface area contributed by atoms with E-state index in [1.54, 1.807) is 37.3 Å². The van der Waals surface area contributed by atoms with Crippen LogP contribution in [0.5, 0.6) is 0 Å². The first-order valence-electron chi connectivity index (χ1n) is 10.7. The van der Waals surface area contributed by atoms with E-state index >= 15 is 0 Å². The van der Waals surface area contributed by atoms with Crippen molar-refractivity contribution in [2.75, 3.05) is 17.2 Å². The summed E-state index contributed by atoms with van der Waals surface area (Å²) in [5, 5.41) is 29.4. The molecule has 12 heteroatoms. The van der Waals surface area contributed by atoms with Gasteiger partial charge < -0.3 is 26.9 Å². The molecular formula is C24H24F3N7O2. The number of hydrogen-bond acceptors (Lipinski definition) is 8. The summed E-state index contributed by atoms with van der Waals surface area (Å²) in [6.45, 7) is 3.48. The fourth-order valence-corrected chi connectivity index (χ4v) is 3.25. The van der Waals surface area contributed by atoms with Crippen molar-refractivity contribution < 1.29 is 23.1 Å². The van der Waals surface area contributed by atoms with Crippen molar-refractivity contribution in [2.45, 2.75) is 26.1 Å². The summed E-state index contributed by atoms with van der Waals surface area (Å²) in [6, 6.07) is 8.78. The molecule has 6 N–H and O–H groups in total. The number of nitrogens with one attached hydrogen (secondary N) is 3. The Bertz CT molecular complexity index is 1310. The van der Waals surface area contributed by atoms with Gasteiger partial charge in [0, 0.05) is 29.7 Å². The Kier molecular flexibility index (Phi) is 8.00. The molecule has 3 aromatic rings. The second-order valence-electron chi connectivity index (χ2n) is 7.93. The van der Waals surface area contributed by atoms with E-state index in [1.807, 2.05) is 6.92 Å². The summed E-state index contributed by atoms with van der Waals surface area (Å²) < 4.78 is 38.9. The number of anilines is 2. The third-order valence-corrected chi connectivity index (χ3v) is 5.15. The predicted molar refractivity (Wildman–Crippen MR) is 131 cm³/mol. The van der Waals surface area contributed by atoms with E-state index in [-0.39, 0.29) is 12.6 Å². The Morgan fingerprint density at radius 2 is 1.97 bits per heavy atom. The molecule has 0 aliphatic heterocycles. The molecular weight excluding hydrogens is 475 g/mol. The Morgan fingerprint density at radius 1 is 1.22 bits per heavy atom. The molecule has 0 radical (unpaired) electrons. The fraction of sp³-hybridized carbons (Fsp3) is 0.208. The molecule has 0 saturated heterocycles. The minimum Gasteiger partial charge on any atom is -0.404 e. The minimum atomic E-state index is -4.66. The SMILES string of the molecule is Cc1ccc(NC(=O)c2cc(C(F)(F)F)cnn2)cc1-c1cc(N[C@H](C)CO)nc(/C(C=N)=C/N)c1. The number of aliphatic hydroxyl groups excluding tert-OH is 1. The van der Waals surface area contributed by atoms with Crippen molar-refractivity contribution in [3.05, 3.63) is 71.3 Å². The van der Waals surface area contributed by atoms with Crippen LogP contribution < -0.4 is 16.4 Å². The van der Waals surface area contributed by atoms with Crippen LogP contribution in [0.15, 0.2) is 48.8 Å². The van der Waals surface area contributed by atoms with Crippen LogP contribution in [0.1, 0.15) is 34.2 Å². The number of carbonyl (C=O) groups excluding carboxylic acids is 1. The molecule has 1 aromatic carbocycles. The van der Waals surface area contributed by atoms with Crippen molar-refractivity contribution in [1.82, 2.24) is 15.2 Å². The molecule has 0 aliphatic rings. The highest BCUT2D eigenvalue weighted by atomic mass is 19.4. The van der Waals surface area contributed by atoms with Crippen LogP contribution in [0, 0.1) is 12.3 Å². The molecule has 0 aliphatic carbocycles. The zero-order valence-electron chi connectivity index (χ0n) is 19.4. The van der Waals surface area contributed by atoms with Crippen molar-refractivity contribution in [3.63, 3.8) is 0 Å². The van der Waals surface area contributed by atoms with Crippen LogP contribution in [0.25, 0.3) is 16.7 Å². The quantitative estimate of drug-likeness (QED) is 0.295. The highest BCUT2D eigenvalue weighted by molar-refractivity contribution is 6.08. The predicted octanol–water partition coefficient (Wildman–Crippen LogP) is 3.86. The monoisotopic (exact) mass is 499 g/mol. The van der Waals surface area contributed by atoms with Crippen LogP contribution in [0.3, 0.4) is 0 Å². The van der Waals surface area contributed by atoms with Crippen molar-refractivity contribution in [3.8, 4) is 11.1 Å². The molecule has 2 aromatic heterocycles. The zero-order chi connectivity index (χ0) is 26.5. The van der Waals surface area contributed by atoms with Crippen LogP contribution in [0.2, 0.25) is 0 Å². The number of aliphatic hydroxyl groups is 1. The minimum absolute atomic E-state index is 0.135. The van der Waals surface area contributed by atoms with Crippen molar-refractivity contribution >= 4 is 29.2 Å². The molecule has 0 saturated carbocycles. The number of allylic oxidation sites excluding steroid dienone is 1. The van der Waals surface area contributed by atoms with Crippen LogP contribution >= 0.6 is 0 Å². The van der Waals surface area contributed by atoms with E-state index in [0.717, 1.165) is 11.8 Å². The van der Waals surface area contributed by atoms with E-state index in [9.17, 15) is 23.1 Å². The van der Waals surface area contributed by atoms with Gasteiger partial charge in [0.15, 0.2) is 5.69 Å². The molecule has 9 nitrogen and oxygen atoms in total. The summed E-state index contributed by atoms with van der Waals surface area (Å²) in [5.74, 6) is -0.423. The number of rotatable bonds is 8. The third kappa shape index (κ3) is 6.21. The number of benzene rings is 1. The standard InChI is InChI=1S/C24H24F3N7O2/c1-13-3-4-18(32-23(36)21-7-17(11-30-34-21)24(25,26)27)8-19(13)15-5-20(16(9-28)10-29)33-22(6-15)31-14(2)12-35/h3-11,14,28,35H,12,29H2,1-2H3,(H,31,33)(H,32,36)/b16-10+,28-9?/t14-/m1/s1. The molecule has 0 fully saturated rings. The van der Waals surface area contributed by atoms with Gasteiger partial charge in [0.1, 0.15) is 5.82 Å². The fourth-order valence-electron chi connectivity index (χ4n) is 3.25. The van der Waals surface area contributed by atoms with E-state index in [1.165, 1.54) is 6.20 Å². The normalized spacial score (nSPS) is 12.7. The number of nitrogens with two attached hydrogens (primary N) is 1. The lowest BCUT2D eigenvalue weighted by Crippen LogP contribution is -2.20. The third-order valence-electron chi connectivity index (χ3n) is 5.15. The van der Waals surface area contributed by atoms with Gasteiger partial charge in [-0.25, -0.2) is 4.98 Å². The topological polar surface area (TPSA) is 150 Å². The molecule has 0 spiro atoms. The maximum absolute atomic E-state index is 13.0. The van der Waals surface area contributed by atoms with Crippen LogP contribution in [-0.4, -0.2) is 45.1 Å². The molecule has 3 rings (SSSR count). The molecule has 36 heavy (non-hydrogen) atoms. The lowest BCUT2D eigenvalue weighted by molar-refractivity contribution is -0.137. The second-order valence-corrected chi connectivity index (χ2v) is 7.93.